The summed E-state index contributed by atoms with van der Waals surface area (Å²) in [6.07, 6.45) is 2.18. The van der Waals surface area contributed by atoms with E-state index in [0.717, 1.165) is 11.1 Å². The molecule has 2 unspecified atom stereocenters. The highest BCUT2D eigenvalue weighted by Gasteiger charge is 2.25. The fourth-order valence-electron chi connectivity index (χ4n) is 1.69. The van der Waals surface area contributed by atoms with Crippen molar-refractivity contribution in [2.75, 3.05) is 6.67 Å². The van der Waals surface area contributed by atoms with Gasteiger partial charge >= 0.3 is 0 Å². The zero-order chi connectivity index (χ0) is 9.26. The van der Waals surface area contributed by atoms with Crippen LogP contribution in [0.2, 0.25) is 0 Å². The molecule has 0 radical (unpaired) electrons. The van der Waals surface area contributed by atoms with Gasteiger partial charge in [0, 0.05) is 5.92 Å². The Hall–Kier alpha value is -1.18. The van der Waals surface area contributed by atoms with E-state index in [1.165, 1.54) is 0 Å². The Balaban J connectivity index is 2.33. The molecule has 68 valence electrons. The molecule has 1 aromatic carbocycles. The molecule has 0 saturated carbocycles. The first-order valence-corrected chi connectivity index (χ1v) is 4.30. The van der Waals surface area contributed by atoms with E-state index in [-0.39, 0.29) is 5.92 Å². The molecule has 0 fully saturated rings. The third-order valence-electron chi connectivity index (χ3n) is 2.38. The van der Waals surface area contributed by atoms with Gasteiger partial charge in [-0.25, -0.2) is 8.78 Å². The van der Waals surface area contributed by atoms with Crippen molar-refractivity contribution in [3.05, 3.63) is 41.5 Å². The molecule has 0 saturated heterocycles. The maximum absolute atomic E-state index is 13.1. The fourth-order valence-corrected chi connectivity index (χ4v) is 1.69. The van der Waals surface area contributed by atoms with E-state index in [4.69, 9.17) is 0 Å². The minimum absolute atomic E-state index is 0.388. The Kier molecular flexibility index (Phi) is 2.13. The molecule has 0 nitrogen and oxygen atoms in total. The topological polar surface area (TPSA) is 0 Å². The van der Waals surface area contributed by atoms with E-state index < -0.39 is 12.8 Å². The second-order valence-electron chi connectivity index (χ2n) is 3.18. The number of alkyl halides is 2. The monoisotopic (exact) mass is 180 g/mol. The van der Waals surface area contributed by atoms with Crippen LogP contribution in [0.25, 0.3) is 6.08 Å². The van der Waals surface area contributed by atoms with E-state index in [0.29, 0.717) is 0 Å². The Bertz CT molecular complexity index is 331. The van der Waals surface area contributed by atoms with Crippen molar-refractivity contribution in [3.63, 3.8) is 0 Å². The molecule has 2 atom stereocenters. The number of rotatable bonds is 2. The third kappa shape index (κ3) is 1.37. The summed E-state index contributed by atoms with van der Waals surface area (Å²) in [6.45, 7) is -0.913. The van der Waals surface area contributed by atoms with Gasteiger partial charge in [-0.05, 0) is 11.1 Å². The van der Waals surface area contributed by atoms with Gasteiger partial charge in [-0.2, -0.15) is 0 Å². The fraction of sp³-hybridized carbons (Fsp3) is 0.273. The average molecular weight is 180 g/mol. The molecule has 1 aromatic rings. The second-order valence-corrected chi connectivity index (χ2v) is 3.18. The Morgan fingerprint density at radius 3 is 2.85 bits per heavy atom. The van der Waals surface area contributed by atoms with Crippen molar-refractivity contribution in [1.29, 1.82) is 0 Å². The van der Waals surface area contributed by atoms with Gasteiger partial charge in [-0.1, -0.05) is 36.4 Å². The summed E-state index contributed by atoms with van der Waals surface area (Å²) in [7, 11) is 0. The summed E-state index contributed by atoms with van der Waals surface area (Å²) >= 11 is 0. The van der Waals surface area contributed by atoms with Gasteiger partial charge in [0.25, 0.3) is 0 Å². The van der Waals surface area contributed by atoms with Crippen molar-refractivity contribution in [3.8, 4) is 0 Å². The van der Waals surface area contributed by atoms with Gasteiger partial charge < -0.3 is 0 Å². The standard InChI is InChI=1S/C11H10F2/c12-7-11(13)10-6-5-8-3-1-2-4-9(8)10/h1-6,10-11H,7H2. The van der Waals surface area contributed by atoms with Gasteiger partial charge in [0.1, 0.15) is 12.8 Å². The first-order valence-electron chi connectivity index (χ1n) is 4.30. The van der Waals surface area contributed by atoms with E-state index in [2.05, 4.69) is 0 Å². The van der Waals surface area contributed by atoms with Crippen LogP contribution >= 0.6 is 0 Å². The van der Waals surface area contributed by atoms with Crippen LogP contribution in [-0.2, 0) is 0 Å². The number of fused-ring (bicyclic) bond motifs is 1. The van der Waals surface area contributed by atoms with Crippen LogP contribution in [-0.4, -0.2) is 12.8 Å². The van der Waals surface area contributed by atoms with Gasteiger partial charge in [0.2, 0.25) is 0 Å². The summed E-state index contributed by atoms with van der Waals surface area (Å²) in [5.41, 5.74) is 1.90. The van der Waals surface area contributed by atoms with E-state index in [9.17, 15) is 8.78 Å². The molecule has 0 N–H and O–H groups in total. The van der Waals surface area contributed by atoms with E-state index in [1.807, 2.05) is 30.3 Å². The molecule has 0 bridgehead atoms. The van der Waals surface area contributed by atoms with Crippen molar-refractivity contribution >= 4 is 6.08 Å². The Morgan fingerprint density at radius 2 is 2.08 bits per heavy atom. The molecular formula is C11H10F2. The van der Waals surface area contributed by atoms with Crippen LogP contribution in [0.15, 0.2) is 30.3 Å². The summed E-state index contributed by atoms with van der Waals surface area (Å²) in [5, 5.41) is 0. The van der Waals surface area contributed by atoms with Crippen molar-refractivity contribution in [1.82, 2.24) is 0 Å². The van der Waals surface area contributed by atoms with Gasteiger partial charge in [0.15, 0.2) is 0 Å². The largest absolute Gasteiger partial charge is 0.248 e. The van der Waals surface area contributed by atoms with E-state index >= 15 is 0 Å². The minimum Gasteiger partial charge on any atom is -0.248 e. The molecule has 1 aliphatic rings. The number of halogens is 2. The number of hydrogen-bond acceptors (Lipinski definition) is 0. The predicted molar refractivity (Wildman–Crippen MR) is 49.1 cm³/mol. The Morgan fingerprint density at radius 1 is 1.31 bits per heavy atom. The Labute approximate surface area is 75.9 Å². The van der Waals surface area contributed by atoms with Crippen molar-refractivity contribution in [2.45, 2.75) is 12.1 Å². The molecule has 0 spiro atoms. The SMILES string of the molecule is FCC(F)C1C=Cc2ccccc21. The molecule has 0 heterocycles. The van der Waals surface area contributed by atoms with Crippen LogP contribution in [0.5, 0.6) is 0 Å². The van der Waals surface area contributed by atoms with Crippen LogP contribution in [0.1, 0.15) is 17.0 Å². The lowest BCUT2D eigenvalue weighted by atomic mass is 9.97. The van der Waals surface area contributed by atoms with Crippen molar-refractivity contribution in [2.24, 2.45) is 0 Å². The summed E-state index contributed by atoms with van der Waals surface area (Å²) in [4.78, 5) is 0. The van der Waals surface area contributed by atoms with Gasteiger partial charge in [0.05, 0.1) is 0 Å². The molecule has 13 heavy (non-hydrogen) atoms. The third-order valence-corrected chi connectivity index (χ3v) is 2.38. The highest BCUT2D eigenvalue weighted by molar-refractivity contribution is 5.62. The zero-order valence-corrected chi connectivity index (χ0v) is 7.08. The smallest absolute Gasteiger partial charge is 0.139 e. The minimum atomic E-state index is -1.40. The summed E-state index contributed by atoms with van der Waals surface area (Å²) in [6, 6.07) is 7.51. The lowest BCUT2D eigenvalue weighted by Crippen LogP contribution is -2.12. The predicted octanol–water partition coefficient (Wildman–Crippen LogP) is 3.10. The lowest BCUT2D eigenvalue weighted by Gasteiger charge is -2.12. The van der Waals surface area contributed by atoms with Crippen LogP contribution in [0, 0.1) is 0 Å². The molecule has 2 heteroatoms. The number of allylic oxidation sites excluding steroid dienone is 1. The van der Waals surface area contributed by atoms with E-state index in [1.54, 1.807) is 6.08 Å². The molecule has 0 aliphatic heterocycles. The zero-order valence-electron chi connectivity index (χ0n) is 7.08. The summed E-state index contributed by atoms with van der Waals surface area (Å²) < 4.78 is 25.2. The van der Waals surface area contributed by atoms with Crippen LogP contribution < -0.4 is 0 Å². The molecular weight excluding hydrogens is 170 g/mol. The first-order chi connectivity index (χ1) is 6.33. The van der Waals surface area contributed by atoms with Crippen LogP contribution in [0.4, 0.5) is 8.78 Å². The van der Waals surface area contributed by atoms with Gasteiger partial charge in [-0.3, -0.25) is 0 Å². The molecule has 2 rings (SSSR count). The number of benzene rings is 1. The highest BCUT2D eigenvalue weighted by Crippen LogP contribution is 2.33. The lowest BCUT2D eigenvalue weighted by molar-refractivity contribution is 0.243. The average Bonchev–Trinajstić information content (AvgIpc) is 2.60. The second kappa shape index (κ2) is 3.29. The summed E-state index contributed by atoms with van der Waals surface area (Å²) in [5.74, 6) is -0.388. The normalized spacial score (nSPS) is 21.5. The first kappa shape index (κ1) is 8.42. The van der Waals surface area contributed by atoms with Crippen molar-refractivity contribution < 1.29 is 8.78 Å². The molecule has 0 aromatic heterocycles. The molecule has 0 amide bonds. The molecule has 1 aliphatic carbocycles. The maximum atomic E-state index is 13.1. The van der Waals surface area contributed by atoms with Crippen LogP contribution in [0.3, 0.4) is 0 Å². The maximum Gasteiger partial charge on any atom is 0.139 e. The quantitative estimate of drug-likeness (QED) is 0.656. The highest BCUT2D eigenvalue weighted by atomic mass is 19.2. The number of hydrogen-bond donors (Lipinski definition) is 0. The van der Waals surface area contributed by atoms with Gasteiger partial charge in [-0.15, -0.1) is 0 Å².